The number of carbonyl (C=O) groups is 2. The molecule has 0 bridgehead atoms. The molecule has 11 heteroatoms. The summed E-state index contributed by atoms with van der Waals surface area (Å²) in [5, 5.41) is 13.1. The number of benzene rings is 2. The molecule has 3 rings (SSSR count). The Kier molecular flexibility index (Phi) is 7.66. The Hall–Kier alpha value is -3.88. The summed E-state index contributed by atoms with van der Waals surface area (Å²) in [7, 11) is -2.20. The van der Waals surface area contributed by atoms with Gasteiger partial charge in [0.15, 0.2) is 13.2 Å². The van der Waals surface area contributed by atoms with E-state index in [0.29, 0.717) is 22.7 Å². The Bertz CT molecular complexity index is 1270. The molecule has 0 aliphatic carbocycles. The minimum atomic E-state index is -3.65. The lowest BCUT2D eigenvalue weighted by molar-refractivity contribution is -0.149. The summed E-state index contributed by atoms with van der Waals surface area (Å²) in [6.45, 7) is -0.941. The fourth-order valence-electron chi connectivity index (χ4n) is 2.63. The molecular weight excluding hydrogens is 466 g/mol. The molecule has 0 aliphatic rings. The smallest absolute Gasteiger partial charge is 0.344 e. The first kappa shape index (κ1) is 23.8. The Morgan fingerprint density at radius 1 is 1.09 bits per heavy atom. The number of anilines is 2. The van der Waals surface area contributed by atoms with Crippen molar-refractivity contribution < 1.29 is 27.5 Å². The van der Waals surface area contributed by atoms with E-state index in [9.17, 15) is 18.0 Å². The van der Waals surface area contributed by atoms with Crippen LogP contribution in [0.25, 0.3) is 0 Å². The van der Waals surface area contributed by atoms with Gasteiger partial charge in [-0.05, 0) is 53.9 Å². The van der Waals surface area contributed by atoms with Crippen LogP contribution in [0.3, 0.4) is 0 Å². The third-order valence-corrected chi connectivity index (χ3v) is 7.47. The summed E-state index contributed by atoms with van der Waals surface area (Å²) < 4.78 is 36.7. The van der Waals surface area contributed by atoms with Crippen LogP contribution in [0.15, 0.2) is 70.3 Å². The van der Waals surface area contributed by atoms with Crippen LogP contribution in [0, 0.1) is 11.3 Å². The van der Waals surface area contributed by atoms with Gasteiger partial charge in [0.05, 0.1) is 17.3 Å². The molecule has 0 saturated heterocycles. The molecule has 3 aromatic rings. The Balaban J connectivity index is 1.46. The predicted molar refractivity (Wildman–Crippen MR) is 123 cm³/mol. The van der Waals surface area contributed by atoms with Gasteiger partial charge in [-0.3, -0.25) is 9.10 Å². The second-order valence-corrected chi connectivity index (χ2v) is 9.73. The second kappa shape index (κ2) is 10.6. The van der Waals surface area contributed by atoms with Crippen molar-refractivity contribution in [2.75, 3.05) is 29.9 Å². The minimum absolute atomic E-state index is 0.231. The van der Waals surface area contributed by atoms with E-state index in [-0.39, 0.29) is 4.21 Å². The largest absolute Gasteiger partial charge is 0.482 e. The van der Waals surface area contributed by atoms with Gasteiger partial charge < -0.3 is 14.8 Å². The fraction of sp³-hybridized carbons (Fsp3) is 0.136. The molecule has 0 radical (unpaired) electrons. The van der Waals surface area contributed by atoms with E-state index in [0.717, 1.165) is 15.6 Å². The first-order valence-corrected chi connectivity index (χ1v) is 11.8. The van der Waals surface area contributed by atoms with Gasteiger partial charge in [-0.25, -0.2) is 13.2 Å². The average Bonchev–Trinajstić information content (AvgIpc) is 3.37. The molecule has 9 nitrogen and oxygen atoms in total. The predicted octanol–water partition coefficient (Wildman–Crippen LogP) is 3.01. The SMILES string of the molecule is CN(c1ccc(OCC(=O)OCC(=O)Nc2cccc(C#N)c2)cc1)S(=O)(=O)c1cccs1. The van der Waals surface area contributed by atoms with Crippen LogP contribution in [-0.4, -0.2) is 40.6 Å². The number of nitriles is 1. The lowest BCUT2D eigenvalue weighted by atomic mass is 10.2. The number of sulfonamides is 1. The lowest BCUT2D eigenvalue weighted by Gasteiger charge is -2.18. The molecule has 0 unspecified atom stereocenters. The van der Waals surface area contributed by atoms with Gasteiger partial charge in [0.2, 0.25) is 0 Å². The number of amides is 1. The van der Waals surface area contributed by atoms with Crippen LogP contribution in [0.2, 0.25) is 0 Å². The van der Waals surface area contributed by atoms with Crippen LogP contribution >= 0.6 is 11.3 Å². The van der Waals surface area contributed by atoms with E-state index in [1.807, 2.05) is 6.07 Å². The number of nitrogens with zero attached hydrogens (tertiary/aromatic N) is 2. The van der Waals surface area contributed by atoms with E-state index in [4.69, 9.17) is 14.7 Å². The summed E-state index contributed by atoms with van der Waals surface area (Å²) in [5.41, 5.74) is 1.23. The summed E-state index contributed by atoms with van der Waals surface area (Å²) in [4.78, 5) is 23.7. The molecule has 33 heavy (non-hydrogen) atoms. The summed E-state index contributed by atoms with van der Waals surface area (Å²) in [6, 6.07) is 17.6. The molecule has 0 atom stereocenters. The first-order chi connectivity index (χ1) is 15.8. The van der Waals surface area contributed by atoms with Crippen molar-refractivity contribution in [2.24, 2.45) is 0 Å². The van der Waals surface area contributed by atoms with Gasteiger partial charge in [-0.1, -0.05) is 12.1 Å². The van der Waals surface area contributed by atoms with Crippen molar-refractivity contribution in [3.63, 3.8) is 0 Å². The Morgan fingerprint density at radius 3 is 2.52 bits per heavy atom. The fourth-order valence-corrected chi connectivity index (χ4v) is 4.99. The minimum Gasteiger partial charge on any atom is -0.482 e. The van der Waals surface area contributed by atoms with Gasteiger partial charge in [-0.15, -0.1) is 11.3 Å². The Morgan fingerprint density at radius 2 is 1.85 bits per heavy atom. The average molecular weight is 486 g/mol. The van der Waals surface area contributed by atoms with Crippen molar-refractivity contribution in [1.82, 2.24) is 0 Å². The number of rotatable bonds is 9. The maximum atomic E-state index is 12.6. The zero-order valence-corrected chi connectivity index (χ0v) is 19.1. The van der Waals surface area contributed by atoms with Crippen LogP contribution < -0.4 is 14.4 Å². The van der Waals surface area contributed by atoms with Crippen LogP contribution in [-0.2, 0) is 24.3 Å². The van der Waals surface area contributed by atoms with Crippen molar-refractivity contribution in [1.29, 1.82) is 5.26 Å². The van der Waals surface area contributed by atoms with E-state index < -0.39 is 35.1 Å². The topological polar surface area (TPSA) is 126 Å². The molecule has 0 aliphatic heterocycles. The normalized spacial score (nSPS) is 10.7. The van der Waals surface area contributed by atoms with Crippen molar-refractivity contribution in [2.45, 2.75) is 4.21 Å². The molecule has 170 valence electrons. The molecular formula is C22H19N3O6S2. The van der Waals surface area contributed by atoms with Crippen molar-refractivity contribution >= 4 is 44.6 Å². The van der Waals surface area contributed by atoms with Gasteiger partial charge in [-0.2, -0.15) is 5.26 Å². The third-order valence-electron chi connectivity index (χ3n) is 4.31. The highest BCUT2D eigenvalue weighted by Crippen LogP contribution is 2.26. The molecule has 1 amide bonds. The zero-order chi connectivity index (χ0) is 23.8. The number of hydrogen-bond acceptors (Lipinski definition) is 8. The van der Waals surface area contributed by atoms with Crippen LogP contribution in [0.5, 0.6) is 5.75 Å². The molecule has 0 spiro atoms. The standard InChI is InChI=1S/C22H19N3O6S2/c1-25(33(28,29)22-6-3-11-32-22)18-7-9-19(10-8-18)30-15-21(27)31-14-20(26)24-17-5-2-4-16(12-17)13-23/h2-12H,14-15H2,1H3,(H,24,26). The van der Waals surface area contributed by atoms with Crippen molar-refractivity contribution in [3.05, 3.63) is 71.6 Å². The quantitative estimate of drug-likeness (QED) is 0.462. The van der Waals surface area contributed by atoms with Gasteiger partial charge in [0.25, 0.3) is 15.9 Å². The van der Waals surface area contributed by atoms with E-state index in [1.165, 1.54) is 31.3 Å². The number of thiophene rings is 1. The molecule has 0 fully saturated rings. The lowest BCUT2D eigenvalue weighted by Crippen LogP contribution is -2.25. The number of hydrogen-bond donors (Lipinski definition) is 1. The summed E-state index contributed by atoms with van der Waals surface area (Å²) >= 11 is 1.13. The molecule has 1 N–H and O–H groups in total. The monoisotopic (exact) mass is 485 g/mol. The first-order valence-electron chi connectivity index (χ1n) is 9.50. The molecule has 1 heterocycles. The number of ether oxygens (including phenoxy) is 2. The number of esters is 1. The molecule has 0 saturated carbocycles. The third kappa shape index (κ3) is 6.31. The Labute approximate surface area is 194 Å². The molecule has 2 aromatic carbocycles. The maximum Gasteiger partial charge on any atom is 0.344 e. The highest BCUT2D eigenvalue weighted by atomic mass is 32.2. The van der Waals surface area contributed by atoms with Crippen LogP contribution in [0.1, 0.15) is 5.56 Å². The van der Waals surface area contributed by atoms with Gasteiger partial charge >= 0.3 is 5.97 Å². The van der Waals surface area contributed by atoms with E-state index >= 15 is 0 Å². The second-order valence-electron chi connectivity index (χ2n) is 6.59. The number of carbonyl (C=O) groups excluding carboxylic acids is 2. The van der Waals surface area contributed by atoms with Crippen LogP contribution in [0.4, 0.5) is 11.4 Å². The maximum absolute atomic E-state index is 12.6. The van der Waals surface area contributed by atoms with Gasteiger partial charge in [0.1, 0.15) is 9.96 Å². The summed E-state index contributed by atoms with van der Waals surface area (Å²) in [6.07, 6.45) is 0. The van der Waals surface area contributed by atoms with Gasteiger partial charge in [0, 0.05) is 12.7 Å². The van der Waals surface area contributed by atoms with E-state index in [2.05, 4.69) is 5.32 Å². The van der Waals surface area contributed by atoms with E-state index in [1.54, 1.807) is 41.8 Å². The zero-order valence-electron chi connectivity index (χ0n) is 17.4. The summed E-state index contributed by atoms with van der Waals surface area (Å²) in [5.74, 6) is -0.981. The number of nitrogens with one attached hydrogen (secondary N) is 1. The van der Waals surface area contributed by atoms with Crippen molar-refractivity contribution in [3.8, 4) is 11.8 Å². The highest BCUT2D eigenvalue weighted by Gasteiger charge is 2.22. The molecule has 1 aromatic heterocycles. The highest BCUT2D eigenvalue weighted by molar-refractivity contribution is 7.94.